The van der Waals surface area contributed by atoms with Gasteiger partial charge in [0.25, 0.3) is 12.4 Å². The van der Waals surface area contributed by atoms with E-state index in [1.54, 1.807) is 31.2 Å². The van der Waals surface area contributed by atoms with Crippen LogP contribution in [0.5, 0.6) is 5.75 Å². The van der Waals surface area contributed by atoms with Gasteiger partial charge in [-0.2, -0.15) is 0 Å². The van der Waals surface area contributed by atoms with Crippen molar-refractivity contribution >= 4 is 24.0 Å². The van der Waals surface area contributed by atoms with E-state index >= 15 is 0 Å². The first kappa shape index (κ1) is 24.6. The molecular formula is C22H33N3O6. The van der Waals surface area contributed by atoms with E-state index in [9.17, 15) is 14.7 Å². The highest BCUT2D eigenvalue weighted by molar-refractivity contribution is 5.90. The number of nitrogens with one attached hydrogen (secondary N) is 1. The minimum absolute atomic E-state index is 0.000230. The van der Waals surface area contributed by atoms with Gasteiger partial charge in [0.15, 0.2) is 6.61 Å². The van der Waals surface area contributed by atoms with Gasteiger partial charge >= 0.3 is 0 Å². The minimum atomic E-state index is -0.325. The van der Waals surface area contributed by atoms with E-state index in [1.807, 2.05) is 19.0 Å². The Morgan fingerprint density at radius 2 is 1.77 bits per heavy atom. The van der Waals surface area contributed by atoms with Crippen molar-refractivity contribution in [2.24, 2.45) is 11.8 Å². The fraction of sp³-hybridized carbons (Fsp3) is 0.591. The van der Waals surface area contributed by atoms with Crippen molar-refractivity contribution in [2.75, 3.05) is 39.1 Å². The number of likely N-dealkylation sites (tertiary alicyclic amines) is 1. The van der Waals surface area contributed by atoms with Crippen molar-refractivity contribution in [3.63, 3.8) is 0 Å². The van der Waals surface area contributed by atoms with Gasteiger partial charge in [-0.1, -0.05) is 6.92 Å². The molecule has 0 aromatic heterocycles. The first-order valence-corrected chi connectivity index (χ1v) is 10.5. The number of ether oxygens (including phenoxy) is 1. The number of likely N-dealkylation sites (N-methyl/N-ethyl adjacent to an activating group) is 1. The number of benzene rings is 1. The topological polar surface area (TPSA) is 119 Å². The predicted octanol–water partition coefficient (Wildman–Crippen LogP) is 1.27. The number of carbonyl (C=O) groups excluding carboxylic acids is 2. The van der Waals surface area contributed by atoms with Crippen molar-refractivity contribution in [2.45, 2.75) is 38.3 Å². The molecule has 31 heavy (non-hydrogen) atoms. The fourth-order valence-corrected chi connectivity index (χ4v) is 4.29. The van der Waals surface area contributed by atoms with Gasteiger partial charge in [0.1, 0.15) is 5.75 Å². The van der Waals surface area contributed by atoms with E-state index in [0.717, 1.165) is 19.4 Å². The van der Waals surface area contributed by atoms with E-state index < -0.39 is 0 Å². The molecule has 172 valence electrons. The zero-order valence-electron chi connectivity index (χ0n) is 18.4. The molecule has 1 aliphatic carbocycles. The van der Waals surface area contributed by atoms with Crippen LogP contribution < -0.4 is 10.1 Å². The third-order valence-electron chi connectivity index (χ3n) is 5.95. The predicted molar refractivity (Wildman–Crippen MR) is 116 cm³/mol. The van der Waals surface area contributed by atoms with Crippen LogP contribution >= 0.6 is 0 Å². The molecular weight excluding hydrogens is 402 g/mol. The normalized spacial score (nSPS) is 24.6. The number of hydrogen-bond donors (Lipinski definition) is 3. The van der Waals surface area contributed by atoms with E-state index in [2.05, 4.69) is 10.2 Å². The fourth-order valence-electron chi connectivity index (χ4n) is 4.29. The van der Waals surface area contributed by atoms with Gasteiger partial charge < -0.3 is 30.1 Å². The SMILES string of the molecule is CCC(=O)Nc1ccc(OCC(=O)N2C[C@H]3C[C@@H](N(C)C)[C@H](O)C[C@H]3C2)cc1.O=CO. The van der Waals surface area contributed by atoms with Crippen LogP contribution in [0, 0.1) is 11.8 Å². The molecule has 2 amide bonds. The molecule has 0 unspecified atom stereocenters. The second kappa shape index (κ2) is 11.7. The van der Waals surface area contributed by atoms with Crippen molar-refractivity contribution < 1.29 is 29.3 Å². The number of carbonyl (C=O) groups is 3. The first-order chi connectivity index (χ1) is 14.8. The lowest BCUT2D eigenvalue weighted by molar-refractivity contribution is -0.132. The summed E-state index contributed by atoms with van der Waals surface area (Å²) in [4.78, 5) is 36.3. The quantitative estimate of drug-likeness (QED) is 0.576. The van der Waals surface area contributed by atoms with E-state index in [0.29, 0.717) is 36.2 Å². The Balaban J connectivity index is 0.00000107. The van der Waals surface area contributed by atoms with Crippen molar-refractivity contribution in [3.8, 4) is 5.75 Å². The molecule has 1 aliphatic heterocycles. The molecule has 0 spiro atoms. The monoisotopic (exact) mass is 435 g/mol. The van der Waals surface area contributed by atoms with Crippen LogP contribution in [0.25, 0.3) is 0 Å². The average molecular weight is 436 g/mol. The zero-order chi connectivity index (χ0) is 23.0. The number of carboxylic acid groups (broad SMARTS) is 1. The van der Waals surface area contributed by atoms with Crippen LogP contribution in [-0.4, -0.2) is 84.2 Å². The molecule has 2 fully saturated rings. The summed E-state index contributed by atoms with van der Waals surface area (Å²) in [7, 11) is 4.00. The van der Waals surface area contributed by atoms with Gasteiger partial charge in [-0.15, -0.1) is 0 Å². The Morgan fingerprint density at radius 3 is 2.32 bits per heavy atom. The first-order valence-electron chi connectivity index (χ1n) is 10.5. The lowest BCUT2D eigenvalue weighted by Crippen LogP contribution is -2.46. The van der Waals surface area contributed by atoms with E-state index in [1.165, 1.54) is 0 Å². The molecule has 1 saturated heterocycles. The lowest BCUT2D eigenvalue weighted by atomic mass is 9.77. The third-order valence-corrected chi connectivity index (χ3v) is 5.95. The summed E-state index contributed by atoms with van der Waals surface area (Å²) in [6.07, 6.45) is 1.78. The number of amides is 2. The number of aliphatic hydroxyl groups is 1. The number of hydrogen-bond acceptors (Lipinski definition) is 6. The van der Waals surface area contributed by atoms with Crippen LogP contribution in [0.15, 0.2) is 24.3 Å². The Labute approximate surface area is 183 Å². The molecule has 0 radical (unpaired) electrons. The molecule has 3 N–H and O–H groups in total. The van der Waals surface area contributed by atoms with Crippen LogP contribution in [-0.2, 0) is 14.4 Å². The maximum Gasteiger partial charge on any atom is 0.290 e. The molecule has 2 aliphatic rings. The highest BCUT2D eigenvalue weighted by Gasteiger charge is 2.43. The summed E-state index contributed by atoms with van der Waals surface area (Å²) in [6.45, 7) is 2.99. The summed E-state index contributed by atoms with van der Waals surface area (Å²) in [5, 5.41) is 20.0. The Morgan fingerprint density at radius 1 is 1.19 bits per heavy atom. The van der Waals surface area contributed by atoms with Crippen molar-refractivity contribution in [1.29, 1.82) is 0 Å². The van der Waals surface area contributed by atoms with Gasteiger partial charge in [-0.25, -0.2) is 0 Å². The molecule has 0 bridgehead atoms. The summed E-state index contributed by atoms with van der Waals surface area (Å²) < 4.78 is 5.64. The van der Waals surface area contributed by atoms with Crippen LogP contribution in [0.1, 0.15) is 26.2 Å². The Bertz CT molecular complexity index is 739. The average Bonchev–Trinajstić information content (AvgIpc) is 3.15. The van der Waals surface area contributed by atoms with Gasteiger partial charge in [0.2, 0.25) is 5.91 Å². The Hall–Kier alpha value is -2.65. The number of nitrogens with zero attached hydrogens (tertiary/aromatic N) is 2. The van der Waals surface area contributed by atoms with Crippen molar-refractivity contribution in [3.05, 3.63) is 24.3 Å². The van der Waals surface area contributed by atoms with Gasteiger partial charge in [0.05, 0.1) is 6.10 Å². The Kier molecular flexibility index (Phi) is 9.26. The molecule has 9 heteroatoms. The van der Waals surface area contributed by atoms with Crippen LogP contribution in [0.3, 0.4) is 0 Å². The number of anilines is 1. The lowest BCUT2D eigenvalue weighted by Gasteiger charge is -2.38. The maximum atomic E-state index is 12.6. The smallest absolute Gasteiger partial charge is 0.290 e. The van der Waals surface area contributed by atoms with E-state index in [-0.39, 0.29) is 37.0 Å². The molecule has 3 rings (SSSR count). The number of aliphatic hydroxyl groups excluding tert-OH is 1. The third kappa shape index (κ3) is 6.93. The number of rotatable bonds is 6. The molecule has 4 atom stereocenters. The molecule has 1 saturated carbocycles. The van der Waals surface area contributed by atoms with Crippen LogP contribution in [0.2, 0.25) is 0 Å². The highest BCUT2D eigenvalue weighted by atomic mass is 16.5. The minimum Gasteiger partial charge on any atom is -0.484 e. The molecule has 1 aromatic rings. The summed E-state index contributed by atoms with van der Waals surface area (Å²) >= 11 is 0. The maximum absolute atomic E-state index is 12.6. The second-order valence-electron chi connectivity index (χ2n) is 8.21. The van der Waals surface area contributed by atoms with Gasteiger partial charge in [0, 0.05) is 31.2 Å². The summed E-state index contributed by atoms with van der Waals surface area (Å²) in [5.74, 6) is 1.36. The van der Waals surface area contributed by atoms with Gasteiger partial charge in [-0.3, -0.25) is 14.4 Å². The van der Waals surface area contributed by atoms with E-state index in [4.69, 9.17) is 14.6 Å². The highest BCUT2D eigenvalue weighted by Crippen LogP contribution is 2.37. The zero-order valence-corrected chi connectivity index (χ0v) is 18.4. The number of fused-ring (bicyclic) bond motifs is 1. The largest absolute Gasteiger partial charge is 0.484 e. The standard InChI is InChI=1S/C21H31N3O4.CH2O2/c1-4-20(26)22-16-5-7-17(8-6-16)28-13-21(27)24-11-14-9-18(23(2)3)19(25)10-15(14)12-24;2-1-3/h5-8,14-15,18-19,25H,4,9-13H2,1-3H3,(H,22,26);1H,(H,2,3)/t14-,15+,18-,19-;/m1./s1. The molecule has 9 nitrogen and oxygen atoms in total. The molecule has 1 heterocycles. The summed E-state index contributed by atoms with van der Waals surface area (Å²) in [5.41, 5.74) is 0.711. The summed E-state index contributed by atoms with van der Waals surface area (Å²) in [6, 6.07) is 7.20. The van der Waals surface area contributed by atoms with Crippen molar-refractivity contribution in [1.82, 2.24) is 9.80 Å². The van der Waals surface area contributed by atoms with Crippen LogP contribution in [0.4, 0.5) is 5.69 Å². The second-order valence-corrected chi connectivity index (χ2v) is 8.21. The molecule has 1 aromatic carbocycles. The van der Waals surface area contributed by atoms with Gasteiger partial charge in [-0.05, 0) is 63.0 Å².